The first-order valence-electron chi connectivity index (χ1n) is 17.5. The van der Waals surface area contributed by atoms with Crippen LogP contribution in [0.4, 0.5) is 11.4 Å². The first-order valence-corrected chi connectivity index (χ1v) is 17.5. The van der Waals surface area contributed by atoms with Crippen LogP contribution < -0.4 is 10.7 Å². The van der Waals surface area contributed by atoms with Crippen LogP contribution in [0.1, 0.15) is 105 Å². The van der Waals surface area contributed by atoms with Gasteiger partial charge < -0.3 is 0 Å². The Balaban J connectivity index is 1.86. The maximum absolute atomic E-state index is 5.72. The van der Waals surface area contributed by atoms with E-state index >= 15 is 0 Å². The van der Waals surface area contributed by atoms with E-state index in [4.69, 9.17) is 9.98 Å². The molecule has 0 spiro atoms. The Hall–Kier alpha value is -4.30. The van der Waals surface area contributed by atoms with Gasteiger partial charge in [0.1, 0.15) is 0 Å². The molecule has 0 atom stereocenters. The molecule has 0 N–H and O–H groups in total. The topological polar surface area (TPSA) is 24.7 Å². The van der Waals surface area contributed by atoms with Crippen LogP contribution in [0.3, 0.4) is 0 Å². The number of hydrogen-bond donors (Lipinski definition) is 0. The molecule has 0 saturated heterocycles. The van der Waals surface area contributed by atoms with Gasteiger partial charge in [-0.05, 0) is 67.2 Å². The van der Waals surface area contributed by atoms with Crippen LogP contribution in [-0.4, -0.2) is 0 Å². The summed E-state index contributed by atoms with van der Waals surface area (Å²) in [5.41, 5.74) is 11.9. The lowest BCUT2D eigenvalue weighted by Gasteiger charge is -2.25. The normalized spacial score (nSPS) is 13.8. The summed E-state index contributed by atoms with van der Waals surface area (Å²) in [7, 11) is 0. The van der Waals surface area contributed by atoms with Gasteiger partial charge in [0.05, 0.1) is 22.1 Å². The summed E-state index contributed by atoms with van der Waals surface area (Å²) in [6.07, 6.45) is 0. The third-order valence-electron chi connectivity index (χ3n) is 10.1. The Morgan fingerprint density at radius 2 is 0.729 bits per heavy atom. The molecule has 2 aliphatic heterocycles. The minimum Gasteiger partial charge on any atom is -0.247 e. The standard InChI is InChI=1S/C46H50N2/c1-43(2,3)29-23-31-37-35(27-19-15-13-16-20-27)42-38(32-24-30(44(4,5)6)26-34(40(32)48-42)46(10,11)12)36(28-21-17-14-18-22-28)41(37)47-39(31)33(25-29)45(7,8)9/h13-26H,1-12H3. The lowest BCUT2D eigenvalue weighted by atomic mass is 9.79. The van der Waals surface area contributed by atoms with Crippen molar-refractivity contribution in [3.8, 4) is 22.3 Å². The molecule has 2 heteroatoms. The molecule has 7 rings (SSSR count). The third kappa shape index (κ3) is 5.16. The number of nitrogens with zero attached hydrogens (tertiary/aromatic N) is 2. The van der Waals surface area contributed by atoms with Gasteiger partial charge in [-0.15, -0.1) is 0 Å². The second-order valence-electron chi connectivity index (χ2n) is 18.0. The maximum atomic E-state index is 5.72. The SMILES string of the molecule is CC(C)(C)c1cc(C(C)(C)C)c2c(c1)=c1c(c(-c3ccccc3)c3c(c1-c1ccccc1)N=c1c(C(C)(C)C)cc(C(C)(C)C)cc1=3)N=2. The molecule has 0 bridgehead atoms. The van der Waals surface area contributed by atoms with E-state index in [0.29, 0.717) is 0 Å². The van der Waals surface area contributed by atoms with Gasteiger partial charge in [0, 0.05) is 32.0 Å². The average molecular weight is 631 g/mol. The van der Waals surface area contributed by atoms with Crippen molar-refractivity contribution < 1.29 is 0 Å². The van der Waals surface area contributed by atoms with Crippen LogP contribution in [0.15, 0.2) is 94.9 Å². The van der Waals surface area contributed by atoms with E-state index in [0.717, 1.165) is 22.1 Å². The molecule has 5 aromatic rings. The highest BCUT2D eigenvalue weighted by atomic mass is 14.8. The summed E-state index contributed by atoms with van der Waals surface area (Å²) in [6.45, 7) is 27.8. The minimum absolute atomic E-state index is 0.0186. The number of fused-ring (bicyclic) bond motifs is 4. The summed E-state index contributed by atoms with van der Waals surface area (Å²) < 4.78 is 0. The summed E-state index contributed by atoms with van der Waals surface area (Å²) in [4.78, 5) is 11.4. The highest BCUT2D eigenvalue weighted by Crippen LogP contribution is 2.47. The fourth-order valence-corrected chi connectivity index (χ4v) is 7.37. The van der Waals surface area contributed by atoms with E-state index in [1.807, 2.05) is 0 Å². The molecule has 0 fully saturated rings. The molecule has 0 unspecified atom stereocenters. The van der Waals surface area contributed by atoms with Gasteiger partial charge in [0.15, 0.2) is 0 Å². The highest BCUT2D eigenvalue weighted by Gasteiger charge is 2.31. The molecule has 2 nitrogen and oxygen atoms in total. The molecule has 0 radical (unpaired) electrons. The Labute approximate surface area is 286 Å². The molecule has 0 aromatic heterocycles. The van der Waals surface area contributed by atoms with Crippen LogP contribution in [0.5, 0.6) is 0 Å². The quantitative estimate of drug-likeness (QED) is 0.182. The van der Waals surface area contributed by atoms with Crippen molar-refractivity contribution >= 4 is 11.4 Å². The number of benzene rings is 5. The van der Waals surface area contributed by atoms with Crippen LogP contribution in [0, 0.1) is 20.9 Å². The van der Waals surface area contributed by atoms with Gasteiger partial charge in [0.2, 0.25) is 0 Å². The first-order chi connectivity index (χ1) is 22.4. The smallest absolute Gasteiger partial charge is 0.0808 e. The van der Waals surface area contributed by atoms with E-state index in [9.17, 15) is 0 Å². The third-order valence-corrected chi connectivity index (χ3v) is 10.1. The summed E-state index contributed by atoms with van der Waals surface area (Å²) >= 11 is 0. The van der Waals surface area contributed by atoms with Gasteiger partial charge in [-0.2, -0.15) is 0 Å². The maximum Gasteiger partial charge on any atom is 0.0808 e. The van der Waals surface area contributed by atoms with E-state index in [-0.39, 0.29) is 21.7 Å². The molecule has 48 heavy (non-hydrogen) atoms. The Morgan fingerprint density at radius 3 is 1.02 bits per heavy atom. The molecule has 2 aliphatic rings. The highest BCUT2D eigenvalue weighted by molar-refractivity contribution is 5.91. The largest absolute Gasteiger partial charge is 0.247 e. The van der Waals surface area contributed by atoms with Crippen molar-refractivity contribution in [3.63, 3.8) is 0 Å². The van der Waals surface area contributed by atoms with Gasteiger partial charge in [-0.3, -0.25) is 0 Å². The van der Waals surface area contributed by atoms with Gasteiger partial charge in [0.25, 0.3) is 0 Å². The van der Waals surface area contributed by atoms with E-state index < -0.39 is 0 Å². The molecule has 0 aliphatic carbocycles. The second kappa shape index (κ2) is 10.6. The zero-order valence-corrected chi connectivity index (χ0v) is 31.0. The summed E-state index contributed by atoms with van der Waals surface area (Å²) in [6, 6.07) is 31.5. The van der Waals surface area contributed by atoms with Gasteiger partial charge in [-0.25, -0.2) is 9.98 Å². The van der Waals surface area contributed by atoms with Crippen LogP contribution in [0.25, 0.3) is 22.3 Å². The molecule has 2 heterocycles. The van der Waals surface area contributed by atoms with Gasteiger partial charge >= 0.3 is 0 Å². The van der Waals surface area contributed by atoms with Crippen molar-refractivity contribution in [2.75, 3.05) is 0 Å². The average Bonchev–Trinajstić information content (AvgIpc) is 3.56. The van der Waals surface area contributed by atoms with Crippen LogP contribution in [-0.2, 0) is 21.7 Å². The Kier molecular flexibility index (Phi) is 7.12. The lowest BCUT2D eigenvalue weighted by molar-refractivity contribution is 0.563. The van der Waals surface area contributed by atoms with E-state index in [1.165, 1.54) is 65.4 Å². The van der Waals surface area contributed by atoms with Crippen molar-refractivity contribution in [3.05, 3.63) is 139 Å². The fourth-order valence-electron chi connectivity index (χ4n) is 7.37. The van der Waals surface area contributed by atoms with Crippen LogP contribution in [0.2, 0.25) is 0 Å². The van der Waals surface area contributed by atoms with Crippen LogP contribution >= 0.6 is 0 Å². The van der Waals surface area contributed by atoms with Crippen molar-refractivity contribution in [1.82, 2.24) is 0 Å². The molecular weight excluding hydrogens is 581 g/mol. The number of hydrogen-bond acceptors (Lipinski definition) is 2. The summed E-state index contributed by atoms with van der Waals surface area (Å²) in [5.74, 6) is 0. The van der Waals surface area contributed by atoms with Gasteiger partial charge in [-0.1, -0.05) is 156 Å². The first kappa shape index (κ1) is 32.3. The molecule has 0 amide bonds. The second-order valence-corrected chi connectivity index (χ2v) is 18.0. The van der Waals surface area contributed by atoms with Crippen molar-refractivity contribution in [1.29, 1.82) is 0 Å². The van der Waals surface area contributed by atoms with Crippen molar-refractivity contribution in [2.45, 2.75) is 105 Å². The monoisotopic (exact) mass is 630 g/mol. The zero-order chi connectivity index (χ0) is 34.6. The predicted octanol–water partition coefficient (Wildman–Crippen LogP) is 11.3. The Morgan fingerprint density at radius 1 is 0.396 bits per heavy atom. The van der Waals surface area contributed by atoms with E-state index in [1.54, 1.807) is 0 Å². The summed E-state index contributed by atoms with van der Waals surface area (Å²) in [5, 5.41) is 7.05. The predicted molar refractivity (Wildman–Crippen MR) is 202 cm³/mol. The zero-order valence-electron chi connectivity index (χ0n) is 31.0. The molecule has 5 aromatic carbocycles. The van der Waals surface area contributed by atoms with E-state index in [2.05, 4.69) is 168 Å². The molecular formula is C46H50N2. The number of rotatable bonds is 2. The lowest BCUT2D eigenvalue weighted by Crippen LogP contribution is -2.26. The fraction of sp³-hybridized carbons (Fsp3) is 0.348. The van der Waals surface area contributed by atoms with Crippen molar-refractivity contribution in [2.24, 2.45) is 9.98 Å². The molecule has 0 saturated carbocycles. The molecule has 244 valence electrons. The Bertz CT molecular complexity index is 2270. The minimum atomic E-state index is -0.0837.